The molecule has 1 N–H and O–H groups in total. The number of non-ortho nitro benzene ring substituents is 1. The third-order valence-corrected chi connectivity index (χ3v) is 3.46. The minimum Gasteiger partial charge on any atom is -0.455 e. The smallest absolute Gasteiger partial charge is 0.271 e. The summed E-state index contributed by atoms with van der Waals surface area (Å²) in [6.07, 6.45) is 1.27. The highest BCUT2D eigenvalue weighted by atomic mass is 19.1. The van der Waals surface area contributed by atoms with E-state index in [0.717, 1.165) is 0 Å². The molecule has 0 atom stereocenters. The molecule has 0 bridgehead atoms. The quantitative estimate of drug-likeness (QED) is 0.429. The lowest BCUT2D eigenvalue weighted by molar-refractivity contribution is -0.384. The average molecular weight is 353 g/mol. The Morgan fingerprint density at radius 3 is 2.54 bits per heavy atom. The minimum atomic E-state index is -0.552. The lowest BCUT2D eigenvalue weighted by Crippen LogP contribution is -2.17. The largest absolute Gasteiger partial charge is 0.455 e. The standard InChI is InChI=1S/C18H12FN3O4/c19-16-4-2-1-3-15(16)17-10-9-14(26-17)11-20-21-18(23)12-5-7-13(8-6-12)22(24)25/h1-11H,(H,21,23). The van der Waals surface area contributed by atoms with Crippen molar-refractivity contribution in [2.24, 2.45) is 5.10 Å². The number of carbonyl (C=O) groups excluding carboxylic acids is 1. The summed E-state index contributed by atoms with van der Waals surface area (Å²) in [7, 11) is 0. The van der Waals surface area contributed by atoms with E-state index in [9.17, 15) is 19.3 Å². The van der Waals surface area contributed by atoms with Crippen LogP contribution in [0.25, 0.3) is 11.3 Å². The third kappa shape index (κ3) is 3.81. The van der Waals surface area contributed by atoms with Gasteiger partial charge >= 0.3 is 0 Å². The SMILES string of the molecule is O=C(NN=Cc1ccc(-c2ccccc2F)o1)c1ccc([N+](=O)[O-])cc1. The van der Waals surface area contributed by atoms with Crippen LogP contribution in [-0.2, 0) is 0 Å². The molecule has 130 valence electrons. The van der Waals surface area contributed by atoms with Crippen molar-refractivity contribution >= 4 is 17.8 Å². The lowest BCUT2D eigenvalue weighted by atomic mass is 10.1. The van der Waals surface area contributed by atoms with Crippen LogP contribution in [-0.4, -0.2) is 17.0 Å². The van der Waals surface area contributed by atoms with Gasteiger partial charge in [-0.2, -0.15) is 5.10 Å². The second-order valence-electron chi connectivity index (χ2n) is 5.18. The number of nitro groups is 1. The number of rotatable bonds is 5. The highest BCUT2D eigenvalue weighted by molar-refractivity contribution is 5.94. The molecule has 0 fully saturated rings. The van der Waals surface area contributed by atoms with E-state index >= 15 is 0 Å². The number of nitro benzene ring substituents is 1. The highest BCUT2D eigenvalue weighted by Gasteiger charge is 2.10. The predicted octanol–water partition coefficient (Wildman–Crippen LogP) is 3.76. The zero-order chi connectivity index (χ0) is 18.5. The predicted molar refractivity (Wildman–Crippen MR) is 92.3 cm³/mol. The van der Waals surface area contributed by atoms with Crippen LogP contribution < -0.4 is 5.43 Å². The summed E-state index contributed by atoms with van der Waals surface area (Å²) in [4.78, 5) is 21.9. The van der Waals surface area contributed by atoms with E-state index in [-0.39, 0.29) is 11.3 Å². The van der Waals surface area contributed by atoms with Gasteiger partial charge in [-0.1, -0.05) is 12.1 Å². The van der Waals surface area contributed by atoms with Crippen LogP contribution in [0.5, 0.6) is 0 Å². The first-order valence-electron chi connectivity index (χ1n) is 7.47. The molecular weight excluding hydrogens is 341 g/mol. The summed E-state index contributed by atoms with van der Waals surface area (Å²) in [6.45, 7) is 0. The number of halogens is 1. The molecule has 26 heavy (non-hydrogen) atoms. The maximum Gasteiger partial charge on any atom is 0.271 e. The Kier molecular flexibility index (Phi) is 4.84. The molecule has 0 unspecified atom stereocenters. The van der Waals surface area contributed by atoms with Crippen molar-refractivity contribution in [3.8, 4) is 11.3 Å². The Balaban J connectivity index is 1.65. The summed E-state index contributed by atoms with van der Waals surface area (Å²) >= 11 is 0. The number of hydrogen-bond donors (Lipinski definition) is 1. The third-order valence-electron chi connectivity index (χ3n) is 3.46. The molecule has 1 heterocycles. The number of benzene rings is 2. The van der Waals surface area contributed by atoms with E-state index < -0.39 is 16.6 Å². The Morgan fingerprint density at radius 1 is 1.12 bits per heavy atom. The summed E-state index contributed by atoms with van der Waals surface area (Å²) in [6, 6.07) is 14.5. The Morgan fingerprint density at radius 2 is 1.85 bits per heavy atom. The Bertz CT molecular complexity index is 980. The molecule has 0 aliphatic carbocycles. The normalized spacial score (nSPS) is 10.8. The molecule has 8 heteroatoms. The van der Waals surface area contributed by atoms with Crippen LogP contribution in [0, 0.1) is 15.9 Å². The van der Waals surface area contributed by atoms with Gasteiger partial charge in [0.2, 0.25) is 0 Å². The van der Waals surface area contributed by atoms with E-state index in [0.29, 0.717) is 17.1 Å². The van der Waals surface area contributed by atoms with Crippen molar-refractivity contribution < 1.29 is 18.5 Å². The van der Waals surface area contributed by atoms with E-state index in [1.807, 2.05) is 0 Å². The molecule has 7 nitrogen and oxygen atoms in total. The van der Waals surface area contributed by atoms with Crippen LogP contribution in [0.4, 0.5) is 10.1 Å². The number of hydrogen-bond acceptors (Lipinski definition) is 5. The van der Waals surface area contributed by atoms with Gasteiger partial charge in [-0.15, -0.1) is 0 Å². The van der Waals surface area contributed by atoms with Gasteiger partial charge in [0.25, 0.3) is 11.6 Å². The Labute approximate surface area is 146 Å². The van der Waals surface area contributed by atoms with E-state index in [1.54, 1.807) is 30.3 Å². The minimum absolute atomic E-state index is 0.110. The molecule has 0 aliphatic rings. The van der Waals surface area contributed by atoms with E-state index in [2.05, 4.69) is 10.5 Å². The van der Waals surface area contributed by atoms with Gasteiger partial charge in [0.05, 0.1) is 16.7 Å². The van der Waals surface area contributed by atoms with Gasteiger partial charge < -0.3 is 4.42 Å². The van der Waals surface area contributed by atoms with E-state index in [4.69, 9.17) is 4.42 Å². The van der Waals surface area contributed by atoms with Gasteiger partial charge in [0.15, 0.2) is 0 Å². The molecule has 3 rings (SSSR count). The molecule has 3 aromatic rings. The first kappa shape index (κ1) is 17.0. The van der Waals surface area contributed by atoms with Crippen molar-refractivity contribution in [3.63, 3.8) is 0 Å². The van der Waals surface area contributed by atoms with Crippen LogP contribution in [0.3, 0.4) is 0 Å². The van der Waals surface area contributed by atoms with Crippen molar-refractivity contribution in [3.05, 3.63) is 87.9 Å². The zero-order valence-electron chi connectivity index (χ0n) is 13.3. The molecule has 0 radical (unpaired) electrons. The fourth-order valence-electron chi connectivity index (χ4n) is 2.18. The molecule has 2 aromatic carbocycles. The fraction of sp³-hybridized carbons (Fsp3) is 0. The second-order valence-corrected chi connectivity index (χ2v) is 5.18. The maximum atomic E-state index is 13.7. The van der Waals surface area contributed by atoms with Gasteiger partial charge in [-0.05, 0) is 36.4 Å². The van der Waals surface area contributed by atoms with Crippen molar-refractivity contribution in [2.75, 3.05) is 0 Å². The molecule has 0 spiro atoms. The number of nitrogens with one attached hydrogen (secondary N) is 1. The number of amides is 1. The van der Waals surface area contributed by atoms with Gasteiger partial charge in [-0.25, -0.2) is 9.82 Å². The van der Waals surface area contributed by atoms with Crippen LogP contribution in [0.2, 0.25) is 0 Å². The number of furan rings is 1. The Hall–Kier alpha value is -3.81. The summed E-state index contributed by atoms with van der Waals surface area (Å²) in [5.74, 6) is -0.271. The van der Waals surface area contributed by atoms with Crippen molar-refractivity contribution in [2.45, 2.75) is 0 Å². The average Bonchev–Trinajstić information content (AvgIpc) is 3.10. The number of carbonyl (C=O) groups is 1. The number of hydrazone groups is 1. The highest BCUT2D eigenvalue weighted by Crippen LogP contribution is 2.24. The first-order chi connectivity index (χ1) is 12.5. The van der Waals surface area contributed by atoms with Crippen LogP contribution in [0.1, 0.15) is 16.1 Å². The maximum absolute atomic E-state index is 13.7. The number of nitrogens with zero attached hydrogens (tertiary/aromatic N) is 2. The lowest BCUT2D eigenvalue weighted by Gasteiger charge is -1.99. The fourth-order valence-corrected chi connectivity index (χ4v) is 2.18. The first-order valence-corrected chi connectivity index (χ1v) is 7.47. The van der Waals surface area contributed by atoms with Crippen LogP contribution >= 0.6 is 0 Å². The van der Waals surface area contributed by atoms with Crippen molar-refractivity contribution in [1.29, 1.82) is 0 Å². The van der Waals surface area contributed by atoms with Crippen molar-refractivity contribution in [1.82, 2.24) is 5.43 Å². The molecule has 0 aliphatic heterocycles. The van der Waals surface area contributed by atoms with Gasteiger partial charge in [0, 0.05) is 17.7 Å². The zero-order valence-corrected chi connectivity index (χ0v) is 13.3. The monoisotopic (exact) mass is 353 g/mol. The molecular formula is C18H12FN3O4. The van der Waals surface area contributed by atoms with Gasteiger partial charge in [-0.3, -0.25) is 14.9 Å². The second kappa shape index (κ2) is 7.39. The molecule has 1 amide bonds. The summed E-state index contributed by atoms with van der Waals surface area (Å²) < 4.78 is 19.2. The molecule has 0 saturated carbocycles. The molecule has 1 aromatic heterocycles. The summed E-state index contributed by atoms with van der Waals surface area (Å²) in [5, 5.41) is 14.3. The summed E-state index contributed by atoms with van der Waals surface area (Å²) in [5.41, 5.74) is 2.72. The van der Waals surface area contributed by atoms with Gasteiger partial charge in [0.1, 0.15) is 17.3 Å². The topological polar surface area (TPSA) is 97.7 Å². The van der Waals surface area contributed by atoms with E-state index in [1.165, 1.54) is 36.5 Å². The van der Waals surface area contributed by atoms with Crippen LogP contribution in [0.15, 0.2) is 70.2 Å². The molecule has 0 saturated heterocycles.